The Morgan fingerprint density at radius 2 is 1.77 bits per heavy atom. The minimum atomic E-state index is -3.66. The molecule has 0 heterocycles. The standard InChI is InChI=1S/C18H20N2O5S/c1-19-26(23,24)15-10-6-9-14(11-15)18(22)20-16(12-17(21)25-2)13-7-4-3-5-8-13/h3-11,16,19H,12H2,1-2H3,(H,20,22). The van der Waals surface area contributed by atoms with Gasteiger partial charge in [0, 0.05) is 5.56 Å². The summed E-state index contributed by atoms with van der Waals surface area (Å²) in [7, 11) is -1.09. The van der Waals surface area contributed by atoms with Crippen LogP contribution in [0.15, 0.2) is 59.5 Å². The summed E-state index contributed by atoms with van der Waals surface area (Å²) in [5, 5.41) is 2.76. The molecule has 2 aromatic rings. The monoisotopic (exact) mass is 376 g/mol. The fourth-order valence-corrected chi connectivity index (χ4v) is 3.13. The van der Waals surface area contributed by atoms with E-state index in [1.807, 2.05) is 6.07 Å². The molecular formula is C18H20N2O5S. The van der Waals surface area contributed by atoms with E-state index in [1.165, 1.54) is 38.4 Å². The zero-order valence-corrected chi connectivity index (χ0v) is 15.2. The van der Waals surface area contributed by atoms with E-state index in [-0.39, 0.29) is 16.9 Å². The molecule has 1 amide bonds. The molecule has 2 N–H and O–H groups in total. The maximum absolute atomic E-state index is 12.6. The SMILES string of the molecule is CNS(=O)(=O)c1cccc(C(=O)NC(CC(=O)OC)c2ccccc2)c1. The third kappa shape index (κ3) is 4.90. The smallest absolute Gasteiger partial charge is 0.307 e. The van der Waals surface area contributed by atoms with Crippen LogP contribution in [0.1, 0.15) is 28.4 Å². The molecule has 0 bridgehead atoms. The number of esters is 1. The fraction of sp³-hybridized carbons (Fsp3) is 0.222. The Hall–Kier alpha value is -2.71. The topological polar surface area (TPSA) is 102 Å². The van der Waals surface area contributed by atoms with Crippen LogP contribution in [0.4, 0.5) is 0 Å². The van der Waals surface area contributed by atoms with E-state index < -0.39 is 27.9 Å². The second-order valence-electron chi connectivity index (χ2n) is 5.45. The number of amides is 1. The second kappa shape index (κ2) is 8.59. The van der Waals surface area contributed by atoms with Crippen molar-refractivity contribution in [3.63, 3.8) is 0 Å². The Labute approximate surface area is 152 Å². The summed E-state index contributed by atoms with van der Waals surface area (Å²) in [6.45, 7) is 0. The Morgan fingerprint density at radius 1 is 1.08 bits per heavy atom. The van der Waals surface area contributed by atoms with Gasteiger partial charge in [0.2, 0.25) is 10.0 Å². The number of ether oxygens (including phenoxy) is 1. The van der Waals surface area contributed by atoms with Crippen LogP contribution in [0, 0.1) is 0 Å². The van der Waals surface area contributed by atoms with Gasteiger partial charge in [-0.1, -0.05) is 36.4 Å². The van der Waals surface area contributed by atoms with Gasteiger partial charge in [-0.3, -0.25) is 9.59 Å². The van der Waals surface area contributed by atoms with Crippen LogP contribution in [-0.4, -0.2) is 34.5 Å². The molecule has 1 atom stereocenters. The normalized spacial score (nSPS) is 12.2. The summed E-state index contributed by atoms with van der Waals surface area (Å²) < 4.78 is 30.7. The van der Waals surface area contributed by atoms with Crippen molar-refractivity contribution in [2.45, 2.75) is 17.4 Å². The van der Waals surface area contributed by atoms with Crippen LogP contribution in [0.25, 0.3) is 0 Å². The molecule has 138 valence electrons. The quantitative estimate of drug-likeness (QED) is 0.715. The Bertz CT molecular complexity index is 881. The number of hydrogen-bond donors (Lipinski definition) is 2. The van der Waals surface area contributed by atoms with Crippen LogP contribution >= 0.6 is 0 Å². The largest absolute Gasteiger partial charge is 0.469 e. The fourth-order valence-electron chi connectivity index (χ4n) is 2.35. The number of carbonyl (C=O) groups excluding carboxylic acids is 2. The summed E-state index contributed by atoms with van der Waals surface area (Å²) in [5.74, 6) is -0.957. The summed E-state index contributed by atoms with van der Waals surface area (Å²) >= 11 is 0. The average Bonchev–Trinajstić information content (AvgIpc) is 2.68. The molecule has 0 aliphatic rings. The van der Waals surface area contributed by atoms with E-state index in [4.69, 9.17) is 4.74 Å². The number of rotatable bonds is 7. The molecule has 2 rings (SSSR count). The summed E-state index contributed by atoms with van der Waals surface area (Å²) in [4.78, 5) is 24.2. The van der Waals surface area contributed by atoms with E-state index in [0.717, 1.165) is 5.56 Å². The van der Waals surface area contributed by atoms with Gasteiger partial charge in [0.25, 0.3) is 5.91 Å². The van der Waals surface area contributed by atoms with Crippen molar-refractivity contribution in [3.8, 4) is 0 Å². The number of benzene rings is 2. The lowest BCUT2D eigenvalue weighted by Gasteiger charge is -2.18. The average molecular weight is 376 g/mol. The van der Waals surface area contributed by atoms with Gasteiger partial charge in [-0.15, -0.1) is 0 Å². The van der Waals surface area contributed by atoms with Crippen LogP contribution in [0.3, 0.4) is 0 Å². The summed E-state index contributed by atoms with van der Waals surface area (Å²) in [6, 6.07) is 14.1. The highest BCUT2D eigenvalue weighted by molar-refractivity contribution is 7.89. The molecule has 0 spiro atoms. The van der Waals surface area contributed by atoms with Crippen LogP contribution in [0.5, 0.6) is 0 Å². The van der Waals surface area contributed by atoms with E-state index in [0.29, 0.717) is 0 Å². The molecule has 8 heteroatoms. The van der Waals surface area contributed by atoms with Crippen LogP contribution < -0.4 is 10.0 Å². The lowest BCUT2D eigenvalue weighted by molar-refractivity contribution is -0.141. The first-order valence-electron chi connectivity index (χ1n) is 7.83. The van der Waals surface area contributed by atoms with Gasteiger partial charge < -0.3 is 10.1 Å². The molecule has 0 saturated heterocycles. The molecular weight excluding hydrogens is 356 g/mol. The van der Waals surface area contributed by atoms with Crippen LogP contribution in [0.2, 0.25) is 0 Å². The van der Waals surface area contributed by atoms with Crippen LogP contribution in [-0.2, 0) is 19.6 Å². The maximum Gasteiger partial charge on any atom is 0.307 e. The van der Waals surface area contributed by atoms with Gasteiger partial charge in [-0.2, -0.15) is 0 Å². The molecule has 0 radical (unpaired) electrons. The van der Waals surface area contributed by atoms with E-state index in [9.17, 15) is 18.0 Å². The Morgan fingerprint density at radius 3 is 2.38 bits per heavy atom. The van der Waals surface area contributed by atoms with Crippen molar-refractivity contribution in [2.75, 3.05) is 14.2 Å². The molecule has 0 saturated carbocycles. The lowest BCUT2D eigenvalue weighted by atomic mass is 10.0. The minimum absolute atomic E-state index is 0.0168. The lowest BCUT2D eigenvalue weighted by Crippen LogP contribution is -2.30. The third-order valence-corrected chi connectivity index (χ3v) is 5.19. The number of carbonyl (C=O) groups is 2. The zero-order chi connectivity index (χ0) is 19.2. The number of sulfonamides is 1. The highest BCUT2D eigenvalue weighted by Gasteiger charge is 2.21. The molecule has 2 aromatic carbocycles. The predicted octanol–water partition coefficient (Wildman–Crippen LogP) is 1.63. The van der Waals surface area contributed by atoms with E-state index in [2.05, 4.69) is 10.0 Å². The number of hydrogen-bond acceptors (Lipinski definition) is 5. The van der Waals surface area contributed by atoms with Gasteiger partial charge >= 0.3 is 5.97 Å². The molecule has 7 nitrogen and oxygen atoms in total. The van der Waals surface area contributed by atoms with E-state index >= 15 is 0 Å². The highest BCUT2D eigenvalue weighted by atomic mass is 32.2. The molecule has 1 unspecified atom stereocenters. The van der Waals surface area contributed by atoms with Crippen molar-refractivity contribution in [1.29, 1.82) is 0 Å². The zero-order valence-electron chi connectivity index (χ0n) is 14.4. The van der Waals surface area contributed by atoms with Crippen molar-refractivity contribution >= 4 is 21.9 Å². The van der Waals surface area contributed by atoms with Gasteiger partial charge in [-0.05, 0) is 30.8 Å². The molecule has 0 aliphatic heterocycles. The third-order valence-electron chi connectivity index (χ3n) is 3.78. The maximum atomic E-state index is 12.6. The predicted molar refractivity (Wildman–Crippen MR) is 96.0 cm³/mol. The first-order chi connectivity index (χ1) is 12.4. The first-order valence-corrected chi connectivity index (χ1v) is 9.32. The van der Waals surface area contributed by atoms with Gasteiger partial charge in [0.05, 0.1) is 24.5 Å². The molecule has 0 fully saturated rings. The van der Waals surface area contributed by atoms with Gasteiger partial charge in [0.15, 0.2) is 0 Å². The van der Waals surface area contributed by atoms with Crippen molar-refractivity contribution in [2.24, 2.45) is 0 Å². The summed E-state index contributed by atoms with van der Waals surface area (Å²) in [5.41, 5.74) is 0.914. The Balaban J connectivity index is 2.27. The molecule has 0 aliphatic carbocycles. The second-order valence-corrected chi connectivity index (χ2v) is 7.34. The minimum Gasteiger partial charge on any atom is -0.469 e. The number of methoxy groups -OCH3 is 1. The van der Waals surface area contributed by atoms with Gasteiger partial charge in [0.1, 0.15) is 0 Å². The first kappa shape index (κ1) is 19.6. The van der Waals surface area contributed by atoms with E-state index in [1.54, 1.807) is 24.3 Å². The van der Waals surface area contributed by atoms with Crippen molar-refractivity contribution in [1.82, 2.24) is 10.0 Å². The molecule has 0 aromatic heterocycles. The summed E-state index contributed by atoms with van der Waals surface area (Å²) in [6.07, 6.45) is -0.0409. The number of nitrogens with one attached hydrogen (secondary N) is 2. The highest BCUT2D eigenvalue weighted by Crippen LogP contribution is 2.19. The van der Waals surface area contributed by atoms with Crippen molar-refractivity contribution < 1.29 is 22.7 Å². The van der Waals surface area contributed by atoms with Crippen molar-refractivity contribution in [3.05, 3.63) is 65.7 Å². The Kier molecular flexibility index (Phi) is 6.48. The van der Waals surface area contributed by atoms with Gasteiger partial charge in [-0.25, -0.2) is 13.1 Å². The molecule has 26 heavy (non-hydrogen) atoms.